The lowest BCUT2D eigenvalue weighted by Gasteiger charge is -2.18. The van der Waals surface area contributed by atoms with Crippen LogP contribution in [-0.4, -0.2) is 18.2 Å². The van der Waals surface area contributed by atoms with Crippen LogP contribution in [0.3, 0.4) is 0 Å². The summed E-state index contributed by atoms with van der Waals surface area (Å²) in [6.45, 7) is 1.99. The molecule has 1 aliphatic carbocycles. The van der Waals surface area contributed by atoms with E-state index < -0.39 is 11.4 Å². The maximum atomic E-state index is 11.4. The van der Waals surface area contributed by atoms with Crippen LogP contribution in [0.2, 0.25) is 5.02 Å². The molecular formula is C13H15ClO3. The number of hydrogen-bond donors (Lipinski definition) is 1. The van der Waals surface area contributed by atoms with E-state index in [0.29, 0.717) is 23.6 Å². The molecule has 0 unspecified atom stereocenters. The van der Waals surface area contributed by atoms with E-state index in [9.17, 15) is 9.90 Å². The Hall–Kier alpha value is -1.22. The fourth-order valence-electron chi connectivity index (χ4n) is 2.31. The molecular weight excluding hydrogens is 240 g/mol. The number of carboxylic acid groups (broad SMARTS) is 1. The van der Waals surface area contributed by atoms with E-state index >= 15 is 0 Å². The van der Waals surface area contributed by atoms with E-state index in [4.69, 9.17) is 16.3 Å². The lowest BCUT2D eigenvalue weighted by molar-refractivity contribution is -0.140. The van der Waals surface area contributed by atoms with Crippen LogP contribution in [0.4, 0.5) is 0 Å². The molecule has 0 radical (unpaired) electrons. The van der Waals surface area contributed by atoms with E-state index in [0.717, 1.165) is 17.5 Å². The summed E-state index contributed by atoms with van der Waals surface area (Å²) in [4.78, 5) is 11.4. The predicted molar refractivity (Wildman–Crippen MR) is 65.9 cm³/mol. The minimum atomic E-state index is -0.767. The van der Waals surface area contributed by atoms with Crippen LogP contribution in [-0.2, 0) is 16.6 Å². The summed E-state index contributed by atoms with van der Waals surface area (Å²) >= 11 is 6.02. The Kier molecular flexibility index (Phi) is 3.04. The molecule has 0 atom stereocenters. The van der Waals surface area contributed by atoms with Crippen LogP contribution in [0.15, 0.2) is 12.1 Å². The van der Waals surface area contributed by atoms with Crippen LogP contribution >= 0.6 is 11.6 Å². The zero-order chi connectivity index (χ0) is 12.6. The van der Waals surface area contributed by atoms with Crippen molar-refractivity contribution in [2.45, 2.75) is 31.6 Å². The molecule has 0 aliphatic heterocycles. The number of hydrogen-bond acceptors (Lipinski definition) is 2. The normalized spacial score (nSPS) is 16.6. The van der Waals surface area contributed by atoms with Gasteiger partial charge in [-0.05, 0) is 42.5 Å². The van der Waals surface area contributed by atoms with Gasteiger partial charge in [0.05, 0.1) is 12.5 Å². The summed E-state index contributed by atoms with van der Waals surface area (Å²) in [7, 11) is 1.58. The molecule has 0 amide bonds. The third kappa shape index (κ3) is 1.89. The molecule has 1 saturated carbocycles. The topological polar surface area (TPSA) is 46.5 Å². The molecule has 0 spiro atoms. The van der Waals surface area contributed by atoms with E-state index in [1.54, 1.807) is 19.2 Å². The average Bonchev–Trinajstić information content (AvgIpc) is 3.08. The Balaban J connectivity index is 2.60. The summed E-state index contributed by atoms with van der Waals surface area (Å²) in [5, 5.41) is 9.88. The SMILES string of the molecule is CCc1c(OC)cc(Cl)cc1C1(C(=O)O)CC1. The lowest BCUT2D eigenvalue weighted by Crippen LogP contribution is -2.21. The zero-order valence-electron chi connectivity index (χ0n) is 9.92. The monoisotopic (exact) mass is 254 g/mol. The van der Waals surface area contributed by atoms with Crippen molar-refractivity contribution in [1.29, 1.82) is 0 Å². The van der Waals surface area contributed by atoms with Crippen LogP contribution in [0.5, 0.6) is 5.75 Å². The molecule has 92 valence electrons. The fraction of sp³-hybridized carbons (Fsp3) is 0.462. The minimum Gasteiger partial charge on any atom is -0.496 e. The molecule has 4 heteroatoms. The van der Waals surface area contributed by atoms with Gasteiger partial charge in [-0.25, -0.2) is 0 Å². The number of rotatable bonds is 4. The quantitative estimate of drug-likeness (QED) is 0.898. The van der Waals surface area contributed by atoms with Gasteiger partial charge in [-0.3, -0.25) is 4.79 Å². The van der Waals surface area contributed by atoms with Crippen LogP contribution in [0.25, 0.3) is 0 Å². The summed E-state index contributed by atoms with van der Waals surface area (Å²) < 4.78 is 5.28. The molecule has 1 fully saturated rings. The minimum absolute atomic E-state index is 0.529. The third-order valence-corrected chi connectivity index (χ3v) is 3.64. The Bertz CT molecular complexity index is 464. The van der Waals surface area contributed by atoms with Gasteiger partial charge in [0.2, 0.25) is 0 Å². The Morgan fingerprint density at radius 1 is 1.53 bits per heavy atom. The largest absolute Gasteiger partial charge is 0.496 e. The Labute approximate surface area is 105 Å². The number of halogens is 1. The first-order valence-corrected chi connectivity index (χ1v) is 6.03. The second-order valence-electron chi connectivity index (χ2n) is 4.37. The van der Waals surface area contributed by atoms with E-state index in [1.165, 1.54) is 0 Å². The first-order chi connectivity index (χ1) is 8.05. The molecule has 0 aromatic heterocycles. The number of benzene rings is 1. The van der Waals surface area contributed by atoms with Crippen molar-refractivity contribution in [3.63, 3.8) is 0 Å². The number of carbonyl (C=O) groups is 1. The molecule has 17 heavy (non-hydrogen) atoms. The maximum Gasteiger partial charge on any atom is 0.314 e. The van der Waals surface area contributed by atoms with Crippen LogP contribution in [0, 0.1) is 0 Å². The molecule has 2 rings (SSSR count). The summed E-state index contributed by atoms with van der Waals surface area (Å²) in [6, 6.07) is 3.51. The second kappa shape index (κ2) is 4.22. The predicted octanol–water partition coefficient (Wildman–Crippen LogP) is 3.03. The number of ether oxygens (including phenoxy) is 1. The van der Waals surface area contributed by atoms with Crippen LogP contribution < -0.4 is 4.74 Å². The maximum absolute atomic E-state index is 11.4. The van der Waals surface area contributed by atoms with Gasteiger partial charge in [-0.1, -0.05) is 18.5 Å². The summed E-state index contributed by atoms with van der Waals surface area (Å²) in [6.07, 6.45) is 2.10. The smallest absolute Gasteiger partial charge is 0.314 e. The highest BCUT2D eigenvalue weighted by Crippen LogP contribution is 2.51. The molecule has 1 N–H and O–H groups in total. The van der Waals surface area contributed by atoms with Gasteiger partial charge in [0.25, 0.3) is 0 Å². The van der Waals surface area contributed by atoms with Crippen molar-refractivity contribution < 1.29 is 14.6 Å². The highest BCUT2D eigenvalue weighted by molar-refractivity contribution is 6.30. The van der Waals surface area contributed by atoms with Crippen molar-refractivity contribution in [1.82, 2.24) is 0 Å². The number of carboxylic acids is 1. The van der Waals surface area contributed by atoms with Crippen molar-refractivity contribution >= 4 is 17.6 Å². The highest BCUT2D eigenvalue weighted by Gasteiger charge is 2.53. The van der Waals surface area contributed by atoms with E-state index in [-0.39, 0.29) is 0 Å². The van der Waals surface area contributed by atoms with Gasteiger partial charge in [-0.2, -0.15) is 0 Å². The zero-order valence-corrected chi connectivity index (χ0v) is 10.7. The van der Waals surface area contributed by atoms with Crippen molar-refractivity contribution in [3.05, 3.63) is 28.3 Å². The first kappa shape index (κ1) is 12.2. The molecule has 1 aliphatic rings. The van der Waals surface area contributed by atoms with Crippen LogP contribution in [0.1, 0.15) is 30.9 Å². The summed E-state index contributed by atoms with van der Waals surface area (Å²) in [5.41, 5.74) is 1.04. The molecule has 0 bridgehead atoms. The number of methoxy groups -OCH3 is 1. The van der Waals surface area contributed by atoms with Gasteiger partial charge in [-0.15, -0.1) is 0 Å². The molecule has 0 heterocycles. The van der Waals surface area contributed by atoms with Gasteiger partial charge >= 0.3 is 5.97 Å². The van der Waals surface area contributed by atoms with Crippen molar-refractivity contribution in [2.24, 2.45) is 0 Å². The van der Waals surface area contributed by atoms with Gasteiger partial charge in [0.15, 0.2) is 0 Å². The molecule has 0 saturated heterocycles. The summed E-state index contributed by atoms with van der Waals surface area (Å²) in [5.74, 6) is -0.0842. The first-order valence-electron chi connectivity index (χ1n) is 5.65. The van der Waals surface area contributed by atoms with Gasteiger partial charge < -0.3 is 9.84 Å². The van der Waals surface area contributed by atoms with E-state index in [1.807, 2.05) is 6.92 Å². The molecule has 1 aromatic carbocycles. The lowest BCUT2D eigenvalue weighted by atomic mass is 9.89. The molecule has 1 aromatic rings. The Morgan fingerprint density at radius 2 is 2.18 bits per heavy atom. The average molecular weight is 255 g/mol. The third-order valence-electron chi connectivity index (χ3n) is 3.42. The second-order valence-corrected chi connectivity index (χ2v) is 4.81. The van der Waals surface area contributed by atoms with Gasteiger partial charge in [0, 0.05) is 5.02 Å². The fourth-order valence-corrected chi connectivity index (χ4v) is 2.52. The van der Waals surface area contributed by atoms with Crippen molar-refractivity contribution in [2.75, 3.05) is 7.11 Å². The van der Waals surface area contributed by atoms with Gasteiger partial charge in [0.1, 0.15) is 5.75 Å². The van der Waals surface area contributed by atoms with E-state index in [2.05, 4.69) is 0 Å². The number of aliphatic carboxylic acids is 1. The van der Waals surface area contributed by atoms with Crippen molar-refractivity contribution in [3.8, 4) is 5.75 Å². The highest BCUT2D eigenvalue weighted by atomic mass is 35.5. The molecule has 3 nitrogen and oxygen atoms in total. The Morgan fingerprint density at radius 3 is 2.59 bits per heavy atom. The standard InChI is InChI=1S/C13H15ClO3/c1-3-9-10(13(4-5-13)12(15)16)6-8(14)7-11(9)17-2/h6-7H,3-5H2,1-2H3,(H,15,16).